The fraction of sp³-hybridized carbons (Fsp3) is 0.591. The van der Waals surface area contributed by atoms with Crippen LogP contribution in [0.5, 0.6) is 0 Å². The molecule has 0 radical (unpaired) electrons. The normalized spacial score (nSPS) is 36.8. The molecule has 29 heavy (non-hydrogen) atoms. The van der Waals surface area contributed by atoms with Gasteiger partial charge < -0.3 is 4.90 Å². The third-order valence-electron chi connectivity index (χ3n) is 7.41. The molecule has 1 aromatic rings. The molecular weight excluding hydrogens is 500 g/mol. The number of carbonyl (C=O) groups excluding carboxylic acids is 3. The minimum atomic E-state index is -0.242. The van der Waals surface area contributed by atoms with E-state index in [1.165, 1.54) is 4.90 Å². The van der Waals surface area contributed by atoms with E-state index in [-0.39, 0.29) is 51.0 Å². The number of anilines is 1. The molecule has 1 aromatic carbocycles. The van der Waals surface area contributed by atoms with E-state index in [9.17, 15) is 14.4 Å². The molecule has 2 bridgehead atoms. The fourth-order valence-electron chi connectivity index (χ4n) is 5.78. The molecule has 3 amide bonds. The van der Waals surface area contributed by atoms with Gasteiger partial charge in [-0.2, -0.15) is 0 Å². The molecule has 4 fully saturated rings. The van der Waals surface area contributed by atoms with Crippen LogP contribution in [0.25, 0.3) is 0 Å². The smallest absolute Gasteiger partial charge is 0.253 e. The lowest BCUT2D eigenvalue weighted by Crippen LogP contribution is -2.38. The SMILES string of the molecule is CC1CCN(C(=O)c2cccc(N3C(=O)[C@@H]4[C@H]5C[C@@H]([C@H](Br)[C@H]5Br)[C@@H]4C3=O)c2)CC1. The highest BCUT2D eigenvalue weighted by Gasteiger charge is 2.66. The summed E-state index contributed by atoms with van der Waals surface area (Å²) < 4.78 is 0. The Morgan fingerprint density at radius 1 is 1.00 bits per heavy atom. The van der Waals surface area contributed by atoms with Crippen LogP contribution in [0.15, 0.2) is 24.3 Å². The maximum absolute atomic E-state index is 13.2. The van der Waals surface area contributed by atoms with Crippen LogP contribution in [0.3, 0.4) is 0 Å². The number of imide groups is 1. The van der Waals surface area contributed by atoms with Crippen molar-refractivity contribution in [3.05, 3.63) is 29.8 Å². The molecule has 2 aliphatic heterocycles. The number of fused-ring (bicyclic) bond motifs is 5. The van der Waals surface area contributed by atoms with E-state index in [2.05, 4.69) is 38.8 Å². The lowest BCUT2D eigenvalue weighted by molar-refractivity contribution is -0.123. The Bertz CT molecular complexity index is 851. The third-order valence-corrected chi connectivity index (χ3v) is 10.6. The van der Waals surface area contributed by atoms with Crippen molar-refractivity contribution in [2.24, 2.45) is 29.6 Å². The van der Waals surface area contributed by atoms with E-state index in [0.29, 0.717) is 17.2 Å². The number of piperidine rings is 1. The average Bonchev–Trinajstić information content (AvgIpc) is 3.33. The lowest BCUT2D eigenvalue weighted by atomic mass is 9.81. The summed E-state index contributed by atoms with van der Waals surface area (Å²) in [5.41, 5.74) is 1.08. The molecule has 2 aliphatic carbocycles. The quantitative estimate of drug-likeness (QED) is 0.437. The minimum absolute atomic E-state index is 0.0147. The van der Waals surface area contributed by atoms with Gasteiger partial charge in [-0.3, -0.25) is 19.3 Å². The van der Waals surface area contributed by atoms with Crippen LogP contribution in [0.2, 0.25) is 0 Å². The largest absolute Gasteiger partial charge is 0.339 e. The van der Waals surface area contributed by atoms with Crippen LogP contribution in [0.1, 0.15) is 36.5 Å². The van der Waals surface area contributed by atoms with E-state index in [4.69, 9.17) is 0 Å². The monoisotopic (exact) mass is 522 g/mol. The van der Waals surface area contributed by atoms with Crippen molar-refractivity contribution in [2.45, 2.75) is 35.8 Å². The molecule has 5 nitrogen and oxygen atoms in total. The molecule has 2 saturated carbocycles. The van der Waals surface area contributed by atoms with Gasteiger partial charge in [-0.15, -0.1) is 0 Å². The Morgan fingerprint density at radius 2 is 1.59 bits per heavy atom. The van der Waals surface area contributed by atoms with Gasteiger partial charge in [0.2, 0.25) is 11.8 Å². The van der Waals surface area contributed by atoms with Crippen molar-refractivity contribution >= 4 is 55.3 Å². The third kappa shape index (κ3) is 2.94. The summed E-state index contributed by atoms with van der Waals surface area (Å²) in [6.45, 7) is 3.74. The zero-order valence-corrected chi connectivity index (χ0v) is 19.4. The highest BCUT2D eigenvalue weighted by atomic mass is 79.9. The molecule has 2 saturated heterocycles. The second-order valence-corrected chi connectivity index (χ2v) is 11.2. The highest BCUT2D eigenvalue weighted by Crippen LogP contribution is 2.60. The Kier molecular flexibility index (Phi) is 4.89. The molecule has 154 valence electrons. The van der Waals surface area contributed by atoms with Gasteiger partial charge in [-0.25, -0.2) is 0 Å². The summed E-state index contributed by atoms with van der Waals surface area (Å²) in [5, 5.41) is 0. The second kappa shape index (κ2) is 7.19. The number of halogens is 2. The molecule has 2 heterocycles. The summed E-state index contributed by atoms with van der Waals surface area (Å²) in [4.78, 5) is 43.1. The number of amides is 3. The predicted octanol–water partition coefficient (Wildman–Crippen LogP) is 3.84. The van der Waals surface area contributed by atoms with Crippen molar-refractivity contribution in [3.63, 3.8) is 0 Å². The number of hydrogen-bond donors (Lipinski definition) is 0. The summed E-state index contributed by atoms with van der Waals surface area (Å²) >= 11 is 7.44. The van der Waals surface area contributed by atoms with Gasteiger partial charge >= 0.3 is 0 Å². The van der Waals surface area contributed by atoms with Gasteiger partial charge in [-0.05, 0) is 55.2 Å². The molecule has 5 rings (SSSR count). The van der Waals surface area contributed by atoms with Crippen LogP contribution in [-0.4, -0.2) is 45.4 Å². The van der Waals surface area contributed by atoms with Gasteiger partial charge in [-0.1, -0.05) is 44.8 Å². The van der Waals surface area contributed by atoms with Crippen LogP contribution >= 0.6 is 31.9 Å². The molecule has 6 atom stereocenters. The first-order chi connectivity index (χ1) is 13.9. The van der Waals surface area contributed by atoms with Crippen molar-refractivity contribution < 1.29 is 14.4 Å². The fourth-order valence-corrected chi connectivity index (χ4v) is 7.65. The van der Waals surface area contributed by atoms with Gasteiger partial charge in [0.25, 0.3) is 5.91 Å². The van der Waals surface area contributed by atoms with Crippen molar-refractivity contribution in [1.82, 2.24) is 4.90 Å². The standard InChI is InChI=1S/C22H24Br2N2O3/c1-11-5-7-25(8-6-11)20(27)12-3-2-4-13(9-12)26-21(28)16-14-10-15(17(16)22(26)29)19(24)18(14)23/h2-4,9,11,14-19H,5-8,10H2,1H3/t14-,15-,16-,17+,18+,19+/m1/s1. The van der Waals surface area contributed by atoms with Crippen molar-refractivity contribution in [3.8, 4) is 0 Å². The number of hydrogen-bond acceptors (Lipinski definition) is 3. The van der Waals surface area contributed by atoms with Crippen LogP contribution < -0.4 is 4.90 Å². The second-order valence-electron chi connectivity index (χ2n) is 9.04. The molecule has 0 spiro atoms. The van der Waals surface area contributed by atoms with E-state index in [0.717, 1.165) is 32.4 Å². The zero-order valence-electron chi connectivity index (χ0n) is 16.3. The van der Waals surface area contributed by atoms with Gasteiger partial charge in [0.05, 0.1) is 17.5 Å². The Morgan fingerprint density at radius 3 is 2.17 bits per heavy atom. The Balaban J connectivity index is 1.41. The highest BCUT2D eigenvalue weighted by molar-refractivity contribution is 9.12. The first kappa shape index (κ1) is 19.7. The molecule has 7 heteroatoms. The topological polar surface area (TPSA) is 57.7 Å². The molecule has 0 N–H and O–H groups in total. The molecule has 0 unspecified atom stereocenters. The first-order valence-electron chi connectivity index (χ1n) is 10.4. The first-order valence-corrected chi connectivity index (χ1v) is 12.3. The summed E-state index contributed by atoms with van der Waals surface area (Å²) in [5.74, 6) is 0.324. The van der Waals surface area contributed by atoms with Crippen LogP contribution in [-0.2, 0) is 9.59 Å². The predicted molar refractivity (Wildman–Crippen MR) is 117 cm³/mol. The maximum Gasteiger partial charge on any atom is 0.253 e. The maximum atomic E-state index is 13.2. The Hall–Kier alpha value is -1.21. The number of likely N-dealkylation sites (tertiary alicyclic amines) is 1. The molecule has 4 aliphatic rings. The van der Waals surface area contributed by atoms with Crippen LogP contribution in [0.4, 0.5) is 5.69 Å². The number of nitrogens with zero attached hydrogens (tertiary/aromatic N) is 2. The van der Waals surface area contributed by atoms with Crippen LogP contribution in [0, 0.1) is 29.6 Å². The number of rotatable bonds is 2. The summed E-state index contributed by atoms with van der Waals surface area (Å²) in [6.07, 6.45) is 2.95. The summed E-state index contributed by atoms with van der Waals surface area (Å²) in [7, 11) is 0. The van der Waals surface area contributed by atoms with E-state index < -0.39 is 0 Å². The zero-order chi connectivity index (χ0) is 20.4. The van der Waals surface area contributed by atoms with Gasteiger partial charge in [0.1, 0.15) is 0 Å². The molecular formula is C22H24Br2N2O3. The van der Waals surface area contributed by atoms with E-state index >= 15 is 0 Å². The van der Waals surface area contributed by atoms with Gasteiger partial charge in [0, 0.05) is 28.3 Å². The number of benzene rings is 1. The van der Waals surface area contributed by atoms with Crippen molar-refractivity contribution in [2.75, 3.05) is 18.0 Å². The van der Waals surface area contributed by atoms with Gasteiger partial charge in [0.15, 0.2) is 0 Å². The average molecular weight is 524 g/mol. The van der Waals surface area contributed by atoms with E-state index in [1.807, 2.05) is 4.90 Å². The number of carbonyl (C=O) groups is 3. The molecule has 0 aromatic heterocycles. The lowest BCUT2D eigenvalue weighted by Gasteiger charge is -2.30. The van der Waals surface area contributed by atoms with E-state index in [1.54, 1.807) is 24.3 Å². The minimum Gasteiger partial charge on any atom is -0.339 e. The number of alkyl halides is 2. The van der Waals surface area contributed by atoms with Crippen molar-refractivity contribution in [1.29, 1.82) is 0 Å². The summed E-state index contributed by atoms with van der Waals surface area (Å²) in [6, 6.07) is 7.04. The Labute approximate surface area is 187 Å².